The molecule has 2 heteroatoms. The predicted molar refractivity (Wildman–Crippen MR) is 71.3 cm³/mol. The zero-order chi connectivity index (χ0) is 12.1. The first-order chi connectivity index (χ1) is 8.35. The van der Waals surface area contributed by atoms with Crippen molar-refractivity contribution in [3.8, 4) is 0 Å². The summed E-state index contributed by atoms with van der Waals surface area (Å²) < 4.78 is 5.29. The molecule has 1 aromatic rings. The molecule has 1 N–H and O–H groups in total. The number of hydrogen-bond acceptors (Lipinski definition) is 2. The van der Waals surface area contributed by atoms with Crippen LogP contribution in [0.3, 0.4) is 0 Å². The van der Waals surface area contributed by atoms with Gasteiger partial charge in [0.05, 0.1) is 12.6 Å². The lowest BCUT2D eigenvalue weighted by molar-refractivity contribution is 0.167. The maximum Gasteiger partial charge on any atom is 0.0657 e. The highest BCUT2D eigenvalue weighted by Gasteiger charge is 2.20. The fraction of sp³-hybridized carbons (Fsp3) is 0.600. The molecule has 0 aromatic heterocycles. The second kappa shape index (κ2) is 6.18. The molecule has 1 fully saturated rings. The summed E-state index contributed by atoms with van der Waals surface area (Å²) >= 11 is 0. The average Bonchev–Trinajstić information content (AvgIpc) is 2.27. The summed E-state index contributed by atoms with van der Waals surface area (Å²) in [6, 6.07) is 9.33. The van der Waals surface area contributed by atoms with E-state index in [9.17, 15) is 0 Å². The van der Waals surface area contributed by atoms with Crippen LogP contribution in [-0.4, -0.2) is 20.3 Å². The van der Waals surface area contributed by atoms with Crippen molar-refractivity contribution >= 4 is 0 Å². The van der Waals surface area contributed by atoms with Gasteiger partial charge in [0.1, 0.15) is 0 Å². The van der Waals surface area contributed by atoms with Gasteiger partial charge < -0.3 is 10.1 Å². The van der Waals surface area contributed by atoms with E-state index in [1.54, 1.807) is 7.11 Å². The van der Waals surface area contributed by atoms with Gasteiger partial charge in [-0.1, -0.05) is 37.6 Å². The van der Waals surface area contributed by atoms with Gasteiger partial charge in [0.25, 0.3) is 0 Å². The van der Waals surface area contributed by atoms with E-state index in [4.69, 9.17) is 4.74 Å². The lowest BCUT2D eigenvalue weighted by Crippen LogP contribution is -2.25. The Morgan fingerprint density at radius 2 is 2.24 bits per heavy atom. The molecule has 0 aliphatic heterocycles. The first-order valence-corrected chi connectivity index (χ1v) is 6.67. The van der Waals surface area contributed by atoms with Gasteiger partial charge in [-0.05, 0) is 36.4 Å². The van der Waals surface area contributed by atoms with Gasteiger partial charge in [-0.25, -0.2) is 0 Å². The molecule has 1 atom stereocenters. The van der Waals surface area contributed by atoms with Crippen LogP contribution in [0.5, 0.6) is 0 Å². The molecule has 0 bridgehead atoms. The summed E-state index contributed by atoms with van der Waals surface area (Å²) in [6.45, 7) is 3.85. The van der Waals surface area contributed by atoms with E-state index in [2.05, 4.69) is 36.5 Å². The van der Waals surface area contributed by atoms with Gasteiger partial charge in [0.15, 0.2) is 0 Å². The van der Waals surface area contributed by atoms with Crippen LogP contribution >= 0.6 is 0 Å². The van der Waals surface area contributed by atoms with E-state index in [1.165, 1.54) is 30.4 Å². The molecule has 2 nitrogen and oxygen atoms in total. The Morgan fingerprint density at radius 1 is 1.41 bits per heavy atom. The number of benzene rings is 1. The summed E-state index contributed by atoms with van der Waals surface area (Å²) in [5, 5.41) is 3.48. The third kappa shape index (κ3) is 3.08. The van der Waals surface area contributed by atoms with Crippen LogP contribution in [0.2, 0.25) is 0 Å². The average molecular weight is 233 g/mol. The SMILES string of the molecule is CCNC(COC)c1cccc(C2CCC2)c1. The fourth-order valence-electron chi connectivity index (χ4n) is 2.46. The Morgan fingerprint density at radius 3 is 2.82 bits per heavy atom. The number of hydrogen-bond donors (Lipinski definition) is 1. The van der Waals surface area contributed by atoms with E-state index in [1.807, 2.05) is 0 Å². The number of rotatable bonds is 6. The van der Waals surface area contributed by atoms with Crippen molar-refractivity contribution in [1.29, 1.82) is 0 Å². The van der Waals surface area contributed by atoms with Crippen LogP contribution in [0.1, 0.15) is 49.3 Å². The zero-order valence-corrected chi connectivity index (χ0v) is 10.9. The van der Waals surface area contributed by atoms with Crippen molar-refractivity contribution in [3.05, 3.63) is 35.4 Å². The van der Waals surface area contributed by atoms with Gasteiger partial charge in [0.2, 0.25) is 0 Å². The third-order valence-electron chi connectivity index (χ3n) is 3.67. The molecule has 0 amide bonds. The predicted octanol–water partition coefficient (Wildman–Crippen LogP) is 3.25. The number of methoxy groups -OCH3 is 1. The minimum absolute atomic E-state index is 0.324. The van der Waals surface area contributed by atoms with Crippen LogP contribution in [0.15, 0.2) is 24.3 Å². The van der Waals surface area contributed by atoms with Gasteiger partial charge in [-0.2, -0.15) is 0 Å². The van der Waals surface area contributed by atoms with Crippen LogP contribution in [0.4, 0.5) is 0 Å². The summed E-state index contributed by atoms with van der Waals surface area (Å²) in [5.41, 5.74) is 2.87. The molecule has 1 aliphatic carbocycles. The molecule has 17 heavy (non-hydrogen) atoms. The Hall–Kier alpha value is -0.860. The maximum absolute atomic E-state index is 5.29. The van der Waals surface area contributed by atoms with Crippen molar-refractivity contribution in [3.63, 3.8) is 0 Å². The first kappa shape index (κ1) is 12.6. The minimum atomic E-state index is 0.324. The topological polar surface area (TPSA) is 21.3 Å². The molecule has 2 rings (SSSR count). The lowest BCUT2D eigenvalue weighted by Gasteiger charge is -2.27. The molecular weight excluding hydrogens is 210 g/mol. The number of nitrogens with one attached hydrogen (secondary N) is 1. The third-order valence-corrected chi connectivity index (χ3v) is 3.67. The van der Waals surface area contributed by atoms with E-state index in [-0.39, 0.29) is 0 Å². The Labute approximate surface area is 104 Å². The smallest absolute Gasteiger partial charge is 0.0657 e. The molecule has 0 radical (unpaired) electrons. The summed E-state index contributed by atoms with van der Waals surface area (Å²) in [6.07, 6.45) is 4.11. The number of ether oxygens (including phenoxy) is 1. The lowest BCUT2D eigenvalue weighted by atomic mass is 9.79. The van der Waals surface area contributed by atoms with E-state index >= 15 is 0 Å². The molecule has 0 heterocycles. The van der Waals surface area contributed by atoms with Crippen molar-refractivity contribution in [2.75, 3.05) is 20.3 Å². The normalized spacial score (nSPS) is 17.8. The fourth-order valence-corrected chi connectivity index (χ4v) is 2.46. The second-order valence-corrected chi connectivity index (χ2v) is 4.86. The van der Waals surface area contributed by atoms with Gasteiger partial charge in [-0.3, -0.25) is 0 Å². The van der Waals surface area contributed by atoms with Crippen LogP contribution in [0, 0.1) is 0 Å². The molecule has 94 valence electrons. The van der Waals surface area contributed by atoms with Crippen molar-refractivity contribution in [1.82, 2.24) is 5.32 Å². The Balaban J connectivity index is 2.11. The van der Waals surface area contributed by atoms with Gasteiger partial charge >= 0.3 is 0 Å². The molecule has 1 saturated carbocycles. The highest BCUT2D eigenvalue weighted by atomic mass is 16.5. The van der Waals surface area contributed by atoms with Gasteiger partial charge in [-0.15, -0.1) is 0 Å². The van der Waals surface area contributed by atoms with Crippen LogP contribution in [0.25, 0.3) is 0 Å². The van der Waals surface area contributed by atoms with E-state index < -0.39 is 0 Å². The monoisotopic (exact) mass is 233 g/mol. The highest BCUT2D eigenvalue weighted by Crippen LogP contribution is 2.36. The van der Waals surface area contributed by atoms with E-state index in [0.717, 1.165) is 19.1 Å². The summed E-state index contributed by atoms with van der Waals surface area (Å²) in [7, 11) is 1.76. The standard InChI is InChI=1S/C15H23NO/c1-3-16-15(11-17-2)14-9-5-8-13(10-14)12-6-4-7-12/h5,8-10,12,15-16H,3-4,6-7,11H2,1-2H3. The van der Waals surface area contributed by atoms with Crippen LogP contribution in [-0.2, 0) is 4.74 Å². The van der Waals surface area contributed by atoms with Crippen molar-refractivity contribution < 1.29 is 4.74 Å². The minimum Gasteiger partial charge on any atom is -0.383 e. The van der Waals surface area contributed by atoms with Crippen LogP contribution < -0.4 is 5.32 Å². The Kier molecular flexibility index (Phi) is 4.57. The molecular formula is C15H23NO. The number of likely N-dealkylation sites (N-methyl/N-ethyl adjacent to an activating group) is 1. The highest BCUT2D eigenvalue weighted by molar-refractivity contribution is 5.29. The second-order valence-electron chi connectivity index (χ2n) is 4.86. The quantitative estimate of drug-likeness (QED) is 0.814. The molecule has 0 spiro atoms. The first-order valence-electron chi connectivity index (χ1n) is 6.67. The molecule has 1 aliphatic rings. The van der Waals surface area contributed by atoms with E-state index in [0.29, 0.717) is 6.04 Å². The molecule has 0 saturated heterocycles. The largest absolute Gasteiger partial charge is 0.383 e. The summed E-state index contributed by atoms with van der Waals surface area (Å²) in [4.78, 5) is 0. The zero-order valence-electron chi connectivity index (χ0n) is 10.9. The maximum atomic E-state index is 5.29. The molecule has 1 unspecified atom stereocenters. The van der Waals surface area contributed by atoms with Gasteiger partial charge in [0, 0.05) is 7.11 Å². The van der Waals surface area contributed by atoms with Crippen molar-refractivity contribution in [2.45, 2.75) is 38.1 Å². The molecule has 1 aromatic carbocycles. The summed E-state index contributed by atoms with van der Waals surface area (Å²) in [5.74, 6) is 0.805. The Bertz CT molecular complexity index is 341. The van der Waals surface area contributed by atoms with Crippen molar-refractivity contribution in [2.24, 2.45) is 0 Å².